The van der Waals surface area contributed by atoms with Crippen LogP contribution in [0.5, 0.6) is 0 Å². The summed E-state index contributed by atoms with van der Waals surface area (Å²) < 4.78 is 42.6. The van der Waals surface area contributed by atoms with Crippen molar-refractivity contribution < 1.29 is 18.0 Å². The number of rotatable bonds is 2. The highest BCUT2D eigenvalue weighted by molar-refractivity contribution is 6.01. The van der Waals surface area contributed by atoms with Gasteiger partial charge in [-0.25, -0.2) is 9.50 Å². The Morgan fingerprint density at radius 3 is 2.47 bits per heavy atom. The summed E-state index contributed by atoms with van der Waals surface area (Å²) in [5.74, 6) is -0.358. The third-order valence-electron chi connectivity index (χ3n) is 5.85. The molecule has 164 valence electrons. The van der Waals surface area contributed by atoms with E-state index in [4.69, 9.17) is 0 Å². The predicted octanol–water partition coefficient (Wildman–Crippen LogP) is 3.96. The van der Waals surface area contributed by atoms with Crippen LogP contribution in [0.25, 0.3) is 27.7 Å². The molecular formula is C23H20F3N5O. The lowest BCUT2D eigenvalue weighted by atomic mass is 10.0. The molecule has 0 saturated carbocycles. The molecule has 32 heavy (non-hydrogen) atoms. The van der Waals surface area contributed by atoms with Gasteiger partial charge < -0.3 is 9.80 Å². The lowest BCUT2D eigenvalue weighted by molar-refractivity contribution is -0.142. The predicted molar refractivity (Wildman–Crippen MR) is 114 cm³/mol. The van der Waals surface area contributed by atoms with Crippen LogP contribution in [0, 0.1) is 0 Å². The SMILES string of the molecule is CN1CCN(C(=O)c2cnn3c(C(F)(F)F)cc(-c4cccc5ccccc45)nc23)CC1. The number of hydrogen-bond donors (Lipinski definition) is 0. The van der Waals surface area contributed by atoms with Gasteiger partial charge in [-0.15, -0.1) is 0 Å². The number of nitrogens with zero attached hydrogens (tertiary/aromatic N) is 5. The number of halogens is 3. The van der Waals surface area contributed by atoms with Crippen LogP contribution in [0.1, 0.15) is 16.1 Å². The summed E-state index contributed by atoms with van der Waals surface area (Å²) in [5.41, 5.74) is -0.276. The van der Waals surface area contributed by atoms with E-state index in [0.717, 1.165) is 21.4 Å². The van der Waals surface area contributed by atoms with Crippen molar-refractivity contribution in [2.45, 2.75) is 6.18 Å². The van der Waals surface area contributed by atoms with Crippen molar-refractivity contribution in [2.24, 2.45) is 0 Å². The number of likely N-dealkylation sites (N-methyl/N-ethyl adjacent to an activating group) is 1. The Morgan fingerprint density at radius 2 is 1.72 bits per heavy atom. The molecule has 1 amide bonds. The van der Waals surface area contributed by atoms with Gasteiger partial charge >= 0.3 is 6.18 Å². The minimum absolute atomic E-state index is 0.0714. The molecule has 4 aromatic rings. The number of fused-ring (bicyclic) bond motifs is 2. The van der Waals surface area contributed by atoms with Crippen molar-refractivity contribution >= 4 is 22.3 Å². The Kier molecular flexibility index (Phi) is 4.85. The van der Waals surface area contributed by atoms with Crippen LogP contribution in [0.3, 0.4) is 0 Å². The molecule has 2 aromatic carbocycles. The van der Waals surface area contributed by atoms with E-state index in [0.29, 0.717) is 31.7 Å². The van der Waals surface area contributed by atoms with Crippen molar-refractivity contribution in [3.63, 3.8) is 0 Å². The second-order valence-corrected chi connectivity index (χ2v) is 7.94. The molecule has 1 aliphatic heterocycles. The maximum Gasteiger partial charge on any atom is 0.433 e. The van der Waals surface area contributed by atoms with Gasteiger partial charge in [0.1, 0.15) is 5.56 Å². The normalized spacial score (nSPS) is 15.6. The summed E-state index contributed by atoms with van der Waals surface area (Å²) in [5, 5.41) is 5.56. The molecule has 1 fully saturated rings. The molecule has 1 aliphatic rings. The van der Waals surface area contributed by atoms with Gasteiger partial charge in [0.05, 0.1) is 11.9 Å². The van der Waals surface area contributed by atoms with E-state index in [2.05, 4.69) is 15.0 Å². The fourth-order valence-electron chi connectivity index (χ4n) is 4.08. The average Bonchev–Trinajstić information content (AvgIpc) is 3.21. The van der Waals surface area contributed by atoms with Crippen LogP contribution in [0.4, 0.5) is 13.2 Å². The summed E-state index contributed by atoms with van der Waals surface area (Å²) in [6.45, 7) is 2.41. The molecule has 3 heterocycles. The monoisotopic (exact) mass is 439 g/mol. The Bertz CT molecular complexity index is 1320. The molecule has 0 atom stereocenters. The Balaban J connectivity index is 1.70. The highest BCUT2D eigenvalue weighted by Crippen LogP contribution is 2.35. The zero-order chi connectivity index (χ0) is 22.5. The Hall–Kier alpha value is -3.46. The number of alkyl halides is 3. The molecule has 0 bridgehead atoms. The highest BCUT2D eigenvalue weighted by atomic mass is 19.4. The first kappa shape index (κ1) is 20.4. The van der Waals surface area contributed by atoms with Crippen LogP contribution >= 0.6 is 0 Å². The molecule has 0 radical (unpaired) electrons. The number of carbonyl (C=O) groups is 1. The quantitative estimate of drug-likeness (QED) is 0.475. The smallest absolute Gasteiger partial charge is 0.336 e. The molecule has 0 spiro atoms. The van der Waals surface area contributed by atoms with E-state index in [-0.39, 0.29) is 22.8 Å². The standard InChI is InChI=1S/C23H20F3N5O/c1-29-9-11-30(12-10-29)22(32)18-14-27-31-20(23(24,25)26)13-19(28-21(18)31)17-8-4-6-15-5-2-3-7-16(15)17/h2-8,13-14H,9-12H2,1H3. The maximum absolute atomic E-state index is 13.9. The Labute approximate surface area is 181 Å². The van der Waals surface area contributed by atoms with E-state index in [9.17, 15) is 18.0 Å². The van der Waals surface area contributed by atoms with Crippen LogP contribution in [0.2, 0.25) is 0 Å². The zero-order valence-corrected chi connectivity index (χ0v) is 17.3. The lowest BCUT2D eigenvalue weighted by Crippen LogP contribution is -2.47. The first-order valence-electron chi connectivity index (χ1n) is 10.2. The number of amides is 1. The summed E-state index contributed by atoms with van der Waals surface area (Å²) in [6.07, 6.45) is -3.48. The van der Waals surface area contributed by atoms with Crippen molar-refractivity contribution in [3.8, 4) is 11.3 Å². The number of piperazine rings is 1. The van der Waals surface area contributed by atoms with Gasteiger partial charge in [-0.3, -0.25) is 4.79 Å². The first-order chi connectivity index (χ1) is 15.3. The molecular weight excluding hydrogens is 419 g/mol. The van der Waals surface area contributed by atoms with Gasteiger partial charge in [0, 0.05) is 31.7 Å². The maximum atomic E-state index is 13.9. The lowest BCUT2D eigenvalue weighted by Gasteiger charge is -2.32. The minimum Gasteiger partial charge on any atom is -0.336 e. The van der Waals surface area contributed by atoms with Crippen LogP contribution in [-0.4, -0.2) is 63.5 Å². The van der Waals surface area contributed by atoms with E-state index in [1.807, 2.05) is 37.4 Å². The fraction of sp³-hybridized carbons (Fsp3) is 0.261. The van der Waals surface area contributed by atoms with Gasteiger partial charge in [0.15, 0.2) is 11.3 Å². The summed E-state index contributed by atoms with van der Waals surface area (Å²) in [6, 6.07) is 13.8. The molecule has 1 saturated heterocycles. The van der Waals surface area contributed by atoms with Crippen LogP contribution in [-0.2, 0) is 6.18 Å². The van der Waals surface area contributed by atoms with E-state index in [1.165, 1.54) is 6.20 Å². The van der Waals surface area contributed by atoms with Gasteiger partial charge in [-0.1, -0.05) is 42.5 Å². The third-order valence-corrected chi connectivity index (χ3v) is 5.85. The molecule has 0 N–H and O–H groups in total. The third kappa shape index (κ3) is 3.48. The van der Waals surface area contributed by atoms with E-state index >= 15 is 0 Å². The minimum atomic E-state index is -4.67. The fourth-order valence-corrected chi connectivity index (χ4v) is 4.08. The summed E-state index contributed by atoms with van der Waals surface area (Å²) in [4.78, 5) is 21.4. The molecule has 2 aromatic heterocycles. The molecule has 6 nitrogen and oxygen atoms in total. The number of hydrogen-bond acceptors (Lipinski definition) is 4. The Morgan fingerprint density at radius 1 is 1.00 bits per heavy atom. The van der Waals surface area contributed by atoms with Gasteiger partial charge in [-0.2, -0.15) is 18.3 Å². The van der Waals surface area contributed by atoms with E-state index in [1.54, 1.807) is 17.0 Å². The van der Waals surface area contributed by atoms with E-state index < -0.39 is 11.9 Å². The first-order valence-corrected chi connectivity index (χ1v) is 10.2. The zero-order valence-electron chi connectivity index (χ0n) is 17.3. The topological polar surface area (TPSA) is 53.7 Å². The second kappa shape index (κ2) is 7.59. The van der Waals surface area contributed by atoms with Crippen LogP contribution in [0.15, 0.2) is 54.7 Å². The van der Waals surface area contributed by atoms with Crippen molar-refractivity contribution in [2.75, 3.05) is 33.2 Å². The van der Waals surface area contributed by atoms with Gasteiger partial charge in [0.25, 0.3) is 5.91 Å². The average molecular weight is 439 g/mol. The van der Waals surface area contributed by atoms with Gasteiger partial charge in [0.2, 0.25) is 0 Å². The number of benzene rings is 2. The largest absolute Gasteiger partial charge is 0.433 e. The molecule has 0 aliphatic carbocycles. The second-order valence-electron chi connectivity index (χ2n) is 7.94. The van der Waals surface area contributed by atoms with Gasteiger partial charge in [-0.05, 0) is 23.9 Å². The molecule has 9 heteroatoms. The van der Waals surface area contributed by atoms with Crippen LogP contribution < -0.4 is 0 Å². The summed E-state index contributed by atoms with van der Waals surface area (Å²) in [7, 11) is 1.96. The number of aromatic nitrogens is 3. The molecule has 5 rings (SSSR count). The van der Waals surface area contributed by atoms with Crippen molar-refractivity contribution in [3.05, 3.63) is 66.0 Å². The van der Waals surface area contributed by atoms with Crippen molar-refractivity contribution in [1.82, 2.24) is 24.4 Å². The summed E-state index contributed by atoms with van der Waals surface area (Å²) >= 11 is 0. The number of carbonyl (C=O) groups excluding carboxylic acids is 1. The molecule has 0 unspecified atom stereocenters. The highest BCUT2D eigenvalue weighted by Gasteiger charge is 2.36. The van der Waals surface area contributed by atoms with Crippen molar-refractivity contribution in [1.29, 1.82) is 0 Å².